The number of hydrogen-bond donors (Lipinski definition) is 0. The minimum atomic E-state index is -0.429. The Kier molecular flexibility index (Phi) is 4.83. The van der Waals surface area contributed by atoms with Crippen LogP contribution >= 0.6 is 11.6 Å². The first kappa shape index (κ1) is 15.1. The topological polar surface area (TPSA) is 61.6 Å². The van der Waals surface area contributed by atoms with Crippen LogP contribution in [0.2, 0.25) is 0 Å². The molecule has 1 fully saturated rings. The van der Waals surface area contributed by atoms with E-state index in [-0.39, 0.29) is 29.0 Å². The molecular weight excluding hydrogens is 282 g/mol. The average molecular weight is 300 g/mol. The number of nitro groups is 1. The number of hydrogen-bond acceptors (Lipinski definition) is 4. The normalized spacial score (nSPS) is 25.1. The van der Waals surface area contributed by atoms with Crippen LogP contribution in [0.25, 0.3) is 0 Å². The maximum Gasteiger partial charge on any atom is 0.311 e. The molecule has 3 unspecified atom stereocenters. The number of ether oxygens (including phenoxy) is 2. The van der Waals surface area contributed by atoms with Gasteiger partial charge in [-0.15, -0.1) is 11.6 Å². The molecule has 1 aliphatic rings. The van der Waals surface area contributed by atoms with E-state index in [4.69, 9.17) is 21.1 Å². The highest BCUT2D eigenvalue weighted by Gasteiger charge is 2.43. The van der Waals surface area contributed by atoms with E-state index < -0.39 is 4.92 Å². The molecule has 0 radical (unpaired) electrons. The van der Waals surface area contributed by atoms with Gasteiger partial charge in [-0.05, 0) is 25.0 Å². The van der Waals surface area contributed by atoms with Gasteiger partial charge in [-0.2, -0.15) is 0 Å². The average Bonchev–Trinajstić information content (AvgIpc) is 2.40. The van der Waals surface area contributed by atoms with E-state index in [2.05, 4.69) is 0 Å². The summed E-state index contributed by atoms with van der Waals surface area (Å²) in [5.41, 5.74) is 0.809. The van der Waals surface area contributed by atoms with Crippen molar-refractivity contribution in [2.75, 3.05) is 6.61 Å². The van der Waals surface area contributed by atoms with E-state index in [0.29, 0.717) is 13.0 Å². The lowest BCUT2D eigenvalue weighted by Gasteiger charge is -2.40. The fourth-order valence-corrected chi connectivity index (χ4v) is 2.55. The molecule has 0 bridgehead atoms. The Morgan fingerprint density at radius 2 is 2.25 bits per heavy atom. The lowest BCUT2D eigenvalue weighted by molar-refractivity contribution is -0.386. The van der Waals surface area contributed by atoms with Crippen LogP contribution in [-0.4, -0.2) is 29.1 Å². The molecule has 0 heterocycles. The van der Waals surface area contributed by atoms with Crippen molar-refractivity contribution in [1.82, 2.24) is 0 Å². The first-order valence-corrected chi connectivity index (χ1v) is 7.14. The van der Waals surface area contributed by atoms with E-state index in [1.54, 1.807) is 12.1 Å². The summed E-state index contributed by atoms with van der Waals surface area (Å²) in [6, 6.07) is 4.93. The lowest BCUT2D eigenvalue weighted by atomic mass is 9.91. The standard InChI is InChI=1S/C14H18ClNO4/c1-3-6-19-14-10(15)8-13(14)20-12-5-4-9(2)7-11(12)16(17)18/h4-5,7,10,13-14H,3,6,8H2,1-2H3. The Morgan fingerprint density at radius 3 is 2.85 bits per heavy atom. The van der Waals surface area contributed by atoms with E-state index in [0.717, 1.165) is 12.0 Å². The van der Waals surface area contributed by atoms with Crippen LogP contribution < -0.4 is 4.74 Å². The molecule has 1 aromatic carbocycles. The Bertz CT molecular complexity index is 494. The van der Waals surface area contributed by atoms with Crippen molar-refractivity contribution in [1.29, 1.82) is 0 Å². The lowest BCUT2D eigenvalue weighted by Crippen LogP contribution is -2.52. The summed E-state index contributed by atoms with van der Waals surface area (Å²) in [5, 5.41) is 11.0. The van der Waals surface area contributed by atoms with Crippen molar-refractivity contribution >= 4 is 17.3 Å². The third kappa shape index (κ3) is 3.22. The number of benzene rings is 1. The van der Waals surface area contributed by atoms with E-state index in [9.17, 15) is 10.1 Å². The zero-order chi connectivity index (χ0) is 14.7. The highest BCUT2D eigenvalue weighted by atomic mass is 35.5. The Labute approximate surface area is 123 Å². The molecule has 0 saturated heterocycles. The monoisotopic (exact) mass is 299 g/mol. The number of nitro benzene ring substituents is 1. The summed E-state index contributed by atoms with van der Waals surface area (Å²) in [7, 11) is 0. The maximum atomic E-state index is 11.0. The van der Waals surface area contributed by atoms with E-state index in [1.807, 2.05) is 13.8 Å². The molecule has 0 amide bonds. The van der Waals surface area contributed by atoms with Crippen molar-refractivity contribution < 1.29 is 14.4 Å². The summed E-state index contributed by atoms with van der Waals surface area (Å²) < 4.78 is 11.3. The van der Waals surface area contributed by atoms with Crippen LogP contribution in [-0.2, 0) is 4.74 Å². The largest absolute Gasteiger partial charge is 0.481 e. The molecule has 0 spiro atoms. The van der Waals surface area contributed by atoms with Crippen molar-refractivity contribution in [3.8, 4) is 5.75 Å². The van der Waals surface area contributed by atoms with Crippen molar-refractivity contribution in [3.05, 3.63) is 33.9 Å². The summed E-state index contributed by atoms with van der Waals surface area (Å²) in [6.07, 6.45) is 1.13. The molecule has 5 nitrogen and oxygen atoms in total. The van der Waals surface area contributed by atoms with Gasteiger partial charge in [-0.1, -0.05) is 13.0 Å². The number of aryl methyl sites for hydroxylation is 1. The first-order valence-electron chi connectivity index (χ1n) is 6.70. The molecule has 1 saturated carbocycles. The highest BCUT2D eigenvalue weighted by molar-refractivity contribution is 6.21. The fraction of sp³-hybridized carbons (Fsp3) is 0.571. The smallest absolute Gasteiger partial charge is 0.311 e. The number of nitrogens with zero attached hydrogens (tertiary/aromatic N) is 1. The molecule has 0 aliphatic heterocycles. The van der Waals surface area contributed by atoms with Crippen LogP contribution in [0, 0.1) is 17.0 Å². The quantitative estimate of drug-likeness (QED) is 0.458. The number of rotatable bonds is 6. The summed E-state index contributed by atoms with van der Waals surface area (Å²) >= 11 is 6.10. The van der Waals surface area contributed by atoms with Gasteiger partial charge in [0.05, 0.1) is 10.3 Å². The van der Waals surface area contributed by atoms with Gasteiger partial charge in [0.1, 0.15) is 12.2 Å². The van der Waals surface area contributed by atoms with Gasteiger partial charge in [0.25, 0.3) is 0 Å². The second-order valence-corrected chi connectivity index (χ2v) is 5.53. The zero-order valence-corrected chi connectivity index (χ0v) is 12.3. The van der Waals surface area contributed by atoms with Gasteiger partial charge in [0.15, 0.2) is 5.75 Å². The molecule has 20 heavy (non-hydrogen) atoms. The van der Waals surface area contributed by atoms with Crippen molar-refractivity contribution in [2.45, 2.75) is 44.3 Å². The first-order chi connectivity index (χ1) is 9.52. The SMILES string of the molecule is CCCOC1C(Cl)CC1Oc1ccc(C)cc1[N+](=O)[O-]. The van der Waals surface area contributed by atoms with Gasteiger partial charge in [-0.3, -0.25) is 10.1 Å². The molecule has 110 valence electrons. The molecular formula is C14H18ClNO4. The van der Waals surface area contributed by atoms with Crippen LogP contribution in [0.4, 0.5) is 5.69 Å². The number of halogens is 1. The van der Waals surface area contributed by atoms with Gasteiger partial charge in [-0.25, -0.2) is 0 Å². The Balaban J connectivity index is 2.08. The van der Waals surface area contributed by atoms with Crippen molar-refractivity contribution in [3.63, 3.8) is 0 Å². The minimum Gasteiger partial charge on any atom is -0.481 e. The van der Waals surface area contributed by atoms with Crippen LogP contribution in [0.3, 0.4) is 0 Å². The molecule has 1 aromatic rings. The Hall–Kier alpha value is -1.33. The fourth-order valence-electron chi connectivity index (χ4n) is 2.14. The molecule has 2 rings (SSSR count). The summed E-state index contributed by atoms with van der Waals surface area (Å²) in [4.78, 5) is 10.6. The van der Waals surface area contributed by atoms with Gasteiger partial charge >= 0.3 is 5.69 Å². The summed E-state index contributed by atoms with van der Waals surface area (Å²) in [5.74, 6) is 0.277. The molecule has 0 aromatic heterocycles. The predicted molar refractivity (Wildman–Crippen MR) is 76.5 cm³/mol. The van der Waals surface area contributed by atoms with Crippen LogP contribution in [0.15, 0.2) is 18.2 Å². The van der Waals surface area contributed by atoms with Gasteiger partial charge < -0.3 is 9.47 Å². The molecule has 0 N–H and O–H groups in total. The second kappa shape index (κ2) is 6.41. The van der Waals surface area contributed by atoms with Gasteiger partial charge in [0.2, 0.25) is 0 Å². The number of alkyl halides is 1. The van der Waals surface area contributed by atoms with Gasteiger partial charge in [0, 0.05) is 19.1 Å². The molecule has 1 aliphatic carbocycles. The zero-order valence-electron chi connectivity index (χ0n) is 11.5. The predicted octanol–water partition coefficient (Wildman–Crippen LogP) is 3.46. The van der Waals surface area contributed by atoms with E-state index >= 15 is 0 Å². The van der Waals surface area contributed by atoms with Crippen LogP contribution in [0.1, 0.15) is 25.3 Å². The third-order valence-corrected chi connectivity index (χ3v) is 3.71. The van der Waals surface area contributed by atoms with Crippen molar-refractivity contribution in [2.24, 2.45) is 0 Å². The third-order valence-electron chi connectivity index (χ3n) is 3.28. The highest BCUT2D eigenvalue weighted by Crippen LogP contribution is 2.36. The van der Waals surface area contributed by atoms with E-state index in [1.165, 1.54) is 6.07 Å². The Morgan fingerprint density at radius 1 is 1.50 bits per heavy atom. The molecule has 3 atom stereocenters. The van der Waals surface area contributed by atoms with Crippen LogP contribution in [0.5, 0.6) is 5.75 Å². The maximum absolute atomic E-state index is 11.0. The minimum absolute atomic E-state index is 0.0164. The summed E-state index contributed by atoms with van der Waals surface area (Å²) in [6.45, 7) is 4.44. The second-order valence-electron chi connectivity index (χ2n) is 4.97. The molecule has 6 heteroatoms.